The van der Waals surface area contributed by atoms with Gasteiger partial charge in [-0.3, -0.25) is 9.10 Å². The van der Waals surface area contributed by atoms with Gasteiger partial charge in [0.1, 0.15) is 0 Å². The van der Waals surface area contributed by atoms with E-state index < -0.39 is 10.0 Å². The molecule has 0 heterocycles. The number of rotatable bonds is 7. The van der Waals surface area contributed by atoms with Crippen molar-refractivity contribution < 1.29 is 13.2 Å². The lowest BCUT2D eigenvalue weighted by atomic mass is 10.2. The summed E-state index contributed by atoms with van der Waals surface area (Å²) in [6.07, 6.45) is 0. The van der Waals surface area contributed by atoms with Crippen LogP contribution in [0.15, 0.2) is 89.8 Å². The van der Waals surface area contributed by atoms with Gasteiger partial charge in [-0.15, -0.1) is 0 Å². The fourth-order valence-corrected chi connectivity index (χ4v) is 4.35. The molecule has 1 N–H and O–H groups in total. The molecule has 0 aromatic heterocycles. The summed E-state index contributed by atoms with van der Waals surface area (Å²) in [6.45, 7) is 2.51. The summed E-state index contributed by atoms with van der Waals surface area (Å²) in [5.74, 6) is -0.247. The molecule has 0 saturated carbocycles. The van der Waals surface area contributed by atoms with Gasteiger partial charge < -0.3 is 5.32 Å². The monoisotopic (exact) mass is 394 g/mol. The first-order chi connectivity index (χ1) is 13.5. The molecule has 3 aromatic rings. The first-order valence-corrected chi connectivity index (χ1v) is 10.5. The average molecular weight is 394 g/mol. The first kappa shape index (κ1) is 19.6. The molecule has 5 nitrogen and oxygen atoms in total. The number of nitrogens with one attached hydrogen (secondary N) is 1. The van der Waals surface area contributed by atoms with Crippen LogP contribution in [0.3, 0.4) is 0 Å². The van der Waals surface area contributed by atoms with Gasteiger partial charge in [0.15, 0.2) is 0 Å². The molecule has 0 radical (unpaired) electrons. The van der Waals surface area contributed by atoms with Crippen LogP contribution in [-0.2, 0) is 16.6 Å². The summed E-state index contributed by atoms with van der Waals surface area (Å²) < 4.78 is 27.3. The van der Waals surface area contributed by atoms with E-state index >= 15 is 0 Å². The van der Waals surface area contributed by atoms with E-state index in [1.807, 2.05) is 36.4 Å². The Kier molecular flexibility index (Phi) is 6.11. The maximum absolute atomic E-state index is 13.0. The molecule has 0 fully saturated rings. The summed E-state index contributed by atoms with van der Waals surface area (Å²) in [7, 11) is -3.70. The SMILES string of the molecule is CCN(c1ccccc1)S(=O)(=O)c1ccc(C(=O)NCc2ccccc2)cc1. The highest BCUT2D eigenvalue weighted by Crippen LogP contribution is 2.23. The minimum absolute atomic E-state index is 0.151. The Hall–Kier alpha value is -3.12. The van der Waals surface area contributed by atoms with Crippen molar-refractivity contribution in [1.82, 2.24) is 5.32 Å². The number of nitrogens with zero attached hydrogens (tertiary/aromatic N) is 1. The molecule has 6 heteroatoms. The molecule has 3 aromatic carbocycles. The Bertz CT molecular complexity index is 1020. The lowest BCUT2D eigenvalue weighted by molar-refractivity contribution is 0.0951. The molecule has 0 spiro atoms. The van der Waals surface area contributed by atoms with Crippen molar-refractivity contribution in [3.8, 4) is 0 Å². The van der Waals surface area contributed by atoms with Gasteiger partial charge in [0.05, 0.1) is 10.6 Å². The summed E-state index contributed by atoms with van der Waals surface area (Å²) in [4.78, 5) is 12.5. The molecular formula is C22H22N2O3S. The standard InChI is InChI=1S/C22H22N2O3S/c1-2-24(20-11-7-4-8-12-20)28(26,27)21-15-13-19(14-16-21)22(25)23-17-18-9-5-3-6-10-18/h3-16H,2,17H2,1H3,(H,23,25). The topological polar surface area (TPSA) is 66.5 Å². The zero-order chi connectivity index (χ0) is 20.0. The van der Waals surface area contributed by atoms with E-state index in [2.05, 4.69) is 5.32 Å². The highest BCUT2D eigenvalue weighted by atomic mass is 32.2. The Morgan fingerprint density at radius 1 is 0.857 bits per heavy atom. The van der Waals surface area contributed by atoms with Crippen molar-refractivity contribution in [2.75, 3.05) is 10.8 Å². The van der Waals surface area contributed by atoms with Crippen molar-refractivity contribution >= 4 is 21.6 Å². The van der Waals surface area contributed by atoms with Crippen LogP contribution in [0.4, 0.5) is 5.69 Å². The van der Waals surface area contributed by atoms with Crippen LogP contribution in [0.1, 0.15) is 22.8 Å². The van der Waals surface area contributed by atoms with Crippen molar-refractivity contribution in [3.05, 3.63) is 96.1 Å². The van der Waals surface area contributed by atoms with E-state index in [4.69, 9.17) is 0 Å². The number of benzene rings is 3. The van der Waals surface area contributed by atoms with Crippen LogP contribution < -0.4 is 9.62 Å². The molecule has 3 rings (SSSR count). The molecule has 0 unspecified atom stereocenters. The number of para-hydroxylation sites is 1. The summed E-state index contributed by atoms with van der Waals surface area (Å²) in [6, 6.07) is 24.6. The average Bonchev–Trinajstić information content (AvgIpc) is 2.74. The molecule has 144 valence electrons. The van der Waals surface area contributed by atoms with Crippen LogP contribution in [0, 0.1) is 0 Å². The second-order valence-corrected chi connectivity index (χ2v) is 8.06. The van der Waals surface area contributed by atoms with Gasteiger partial charge >= 0.3 is 0 Å². The number of hydrogen-bond acceptors (Lipinski definition) is 3. The lowest BCUT2D eigenvalue weighted by Crippen LogP contribution is -2.30. The maximum atomic E-state index is 13.0. The third kappa shape index (κ3) is 4.40. The second kappa shape index (κ2) is 8.71. The number of carbonyl (C=O) groups excluding carboxylic acids is 1. The van der Waals surface area contributed by atoms with E-state index in [0.717, 1.165) is 5.56 Å². The van der Waals surface area contributed by atoms with Gasteiger partial charge in [-0.05, 0) is 48.9 Å². The molecule has 1 amide bonds. The Balaban J connectivity index is 1.74. The van der Waals surface area contributed by atoms with Gasteiger partial charge in [-0.2, -0.15) is 0 Å². The van der Waals surface area contributed by atoms with Crippen LogP contribution >= 0.6 is 0 Å². The molecular weight excluding hydrogens is 372 g/mol. The summed E-state index contributed by atoms with van der Waals surface area (Å²) >= 11 is 0. The summed E-state index contributed by atoms with van der Waals surface area (Å²) in [5.41, 5.74) is 2.02. The maximum Gasteiger partial charge on any atom is 0.264 e. The fourth-order valence-electron chi connectivity index (χ4n) is 2.87. The van der Waals surface area contributed by atoms with E-state index in [-0.39, 0.29) is 10.8 Å². The van der Waals surface area contributed by atoms with Crippen molar-refractivity contribution in [2.45, 2.75) is 18.4 Å². The van der Waals surface area contributed by atoms with Gasteiger partial charge in [0.2, 0.25) is 0 Å². The van der Waals surface area contributed by atoms with Crippen LogP contribution in [0.2, 0.25) is 0 Å². The van der Waals surface area contributed by atoms with Crippen LogP contribution in [-0.4, -0.2) is 20.9 Å². The van der Waals surface area contributed by atoms with Gasteiger partial charge in [-0.1, -0.05) is 48.5 Å². The van der Waals surface area contributed by atoms with Gasteiger partial charge in [0, 0.05) is 18.7 Å². The summed E-state index contributed by atoms with van der Waals surface area (Å²) in [5, 5.41) is 2.83. The number of anilines is 1. The zero-order valence-corrected chi connectivity index (χ0v) is 16.4. The number of carbonyl (C=O) groups is 1. The molecule has 0 saturated heterocycles. The Labute approximate surface area is 165 Å². The predicted octanol–water partition coefficient (Wildman–Crippen LogP) is 3.83. The van der Waals surface area contributed by atoms with E-state index in [1.165, 1.54) is 28.6 Å². The van der Waals surface area contributed by atoms with Crippen molar-refractivity contribution in [3.63, 3.8) is 0 Å². The largest absolute Gasteiger partial charge is 0.348 e. The van der Waals surface area contributed by atoms with Crippen molar-refractivity contribution in [2.24, 2.45) is 0 Å². The van der Waals surface area contributed by atoms with Crippen LogP contribution in [0.25, 0.3) is 0 Å². The molecule has 0 aliphatic carbocycles. The smallest absolute Gasteiger partial charge is 0.264 e. The Morgan fingerprint density at radius 3 is 2.00 bits per heavy atom. The van der Waals surface area contributed by atoms with E-state index in [9.17, 15) is 13.2 Å². The third-order valence-corrected chi connectivity index (χ3v) is 6.25. The van der Waals surface area contributed by atoms with Crippen LogP contribution in [0.5, 0.6) is 0 Å². The fraction of sp³-hybridized carbons (Fsp3) is 0.136. The second-order valence-electron chi connectivity index (χ2n) is 6.20. The zero-order valence-electron chi connectivity index (χ0n) is 15.6. The minimum atomic E-state index is -3.70. The number of hydrogen-bond donors (Lipinski definition) is 1. The lowest BCUT2D eigenvalue weighted by Gasteiger charge is -2.23. The predicted molar refractivity (Wildman–Crippen MR) is 111 cm³/mol. The molecule has 0 aliphatic heterocycles. The molecule has 0 aliphatic rings. The van der Waals surface area contributed by atoms with Gasteiger partial charge in [0.25, 0.3) is 15.9 Å². The Morgan fingerprint density at radius 2 is 1.43 bits per heavy atom. The molecule has 0 bridgehead atoms. The minimum Gasteiger partial charge on any atom is -0.348 e. The third-order valence-electron chi connectivity index (χ3n) is 4.33. The highest BCUT2D eigenvalue weighted by molar-refractivity contribution is 7.92. The van der Waals surface area contributed by atoms with E-state index in [1.54, 1.807) is 31.2 Å². The number of sulfonamides is 1. The highest BCUT2D eigenvalue weighted by Gasteiger charge is 2.23. The first-order valence-electron chi connectivity index (χ1n) is 9.02. The molecule has 28 heavy (non-hydrogen) atoms. The van der Waals surface area contributed by atoms with Gasteiger partial charge in [-0.25, -0.2) is 8.42 Å². The number of amides is 1. The molecule has 0 atom stereocenters. The van der Waals surface area contributed by atoms with E-state index in [0.29, 0.717) is 24.3 Å². The quantitative estimate of drug-likeness (QED) is 0.662. The normalized spacial score (nSPS) is 11.0. The van der Waals surface area contributed by atoms with Crippen molar-refractivity contribution in [1.29, 1.82) is 0 Å².